The van der Waals surface area contributed by atoms with Crippen LogP contribution in [0.4, 0.5) is 11.4 Å². The van der Waals surface area contributed by atoms with Gasteiger partial charge in [-0.25, -0.2) is 0 Å². The molecular formula is C19H21ClN2O2. The Morgan fingerprint density at radius 1 is 1.17 bits per heavy atom. The SMILES string of the molecule is CNc1ccc(NCCCCl)c(C(=O)c2ccccc2C)c1C=O. The molecule has 0 aliphatic rings. The van der Waals surface area contributed by atoms with E-state index in [0.29, 0.717) is 40.5 Å². The summed E-state index contributed by atoms with van der Waals surface area (Å²) in [4.78, 5) is 24.8. The Hall–Kier alpha value is -2.33. The van der Waals surface area contributed by atoms with Crippen LogP contribution in [0.25, 0.3) is 0 Å². The lowest BCUT2D eigenvalue weighted by Crippen LogP contribution is -2.14. The summed E-state index contributed by atoms with van der Waals surface area (Å²) in [6, 6.07) is 11.0. The topological polar surface area (TPSA) is 58.2 Å². The number of nitrogens with one attached hydrogen (secondary N) is 2. The predicted octanol–water partition coefficient (Wildman–Crippen LogP) is 4.12. The largest absolute Gasteiger partial charge is 0.388 e. The van der Waals surface area contributed by atoms with Gasteiger partial charge in [-0.2, -0.15) is 0 Å². The van der Waals surface area contributed by atoms with Crippen LogP contribution < -0.4 is 10.6 Å². The normalized spacial score (nSPS) is 10.3. The van der Waals surface area contributed by atoms with Crippen molar-refractivity contribution in [2.45, 2.75) is 13.3 Å². The van der Waals surface area contributed by atoms with Gasteiger partial charge in [-0.15, -0.1) is 11.6 Å². The summed E-state index contributed by atoms with van der Waals surface area (Å²) in [5, 5.41) is 6.19. The van der Waals surface area contributed by atoms with E-state index in [9.17, 15) is 9.59 Å². The summed E-state index contributed by atoms with van der Waals surface area (Å²) in [6.45, 7) is 2.52. The molecule has 0 bridgehead atoms. The lowest BCUT2D eigenvalue weighted by Gasteiger charge is -2.17. The standard InChI is InChI=1S/C19H21ClN2O2/c1-13-6-3-4-7-14(13)19(24)18-15(12-23)16(21-2)8-9-17(18)22-11-5-10-20/h3-4,6-9,12,21-22H,5,10-11H2,1-2H3. The van der Waals surface area contributed by atoms with Crippen molar-refractivity contribution >= 4 is 35.0 Å². The average molecular weight is 345 g/mol. The Bertz CT molecular complexity index is 744. The van der Waals surface area contributed by atoms with E-state index < -0.39 is 0 Å². The molecule has 24 heavy (non-hydrogen) atoms. The second kappa shape index (κ2) is 8.50. The summed E-state index contributed by atoms with van der Waals surface area (Å²) in [5.41, 5.74) is 3.50. The molecule has 126 valence electrons. The van der Waals surface area contributed by atoms with Crippen LogP contribution in [0.2, 0.25) is 0 Å². The van der Waals surface area contributed by atoms with Gasteiger partial charge in [-0.05, 0) is 31.0 Å². The number of aldehydes is 1. The van der Waals surface area contributed by atoms with Crippen LogP contribution in [-0.4, -0.2) is 31.5 Å². The van der Waals surface area contributed by atoms with E-state index in [1.54, 1.807) is 19.2 Å². The molecule has 0 unspecified atom stereocenters. The number of hydrogen-bond acceptors (Lipinski definition) is 4. The van der Waals surface area contributed by atoms with Crippen molar-refractivity contribution in [1.29, 1.82) is 0 Å². The van der Waals surface area contributed by atoms with Crippen LogP contribution in [0.1, 0.15) is 38.3 Å². The smallest absolute Gasteiger partial charge is 0.196 e. The fraction of sp³-hybridized carbons (Fsp3) is 0.263. The van der Waals surface area contributed by atoms with Gasteiger partial charge in [-0.1, -0.05) is 24.3 Å². The van der Waals surface area contributed by atoms with Crippen LogP contribution in [0.5, 0.6) is 0 Å². The molecule has 0 radical (unpaired) electrons. The summed E-state index contributed by atoms with van der Waals surface area (Å²) < 4.78 is 0. The van der Waals surface area contributed by atoms with Crippen LogP contribution in [0, 0.1) is 6.92 Å². The van der Waals surface area contributed by atoms with Crippen LogP contribution in [0.3, 0.4) is 0 Å². The van der Waals surface area contributed by atoms with Gasteiger partial charge in [0.2, 0.25) is 0 Å². The lowest BCUT2D eigenvalue weighted by atomic mass is 9.93. The van der Waals surface area contributed by atoms with Crippen LogP contribution in [-0.2, 0) is 0 Å². The number of ketones is 1. The first-order valence-electron chi connectivity index (χ1n) is 7.84. The molecule has 0 fully saturated rings. The third-order valence-electron chi connectivity index (χ3n) is 3.88. The number of halogens is 1. The zero-order valence-electron chi connectivity index (χ0n) is 13.9. The summed E-state index contributed by atoms with van der Waals surface area (Å²) in [6.07, 6.45) is 1.49. The quantitative estimate of drug-likeness (QED) is 0.327. The van der Waals surface area contributed by atoms with Gasteiger partial charge in [0.1, 0.15) is 0 Å². The molecule has 0 aromatic heterocycles. The number of carbonyl (C=O) groups excluding carboxylic acids is 2. The third-order valence-corrected chi connectivity index (χ3v) is 4.14. The number of carbonyl (C=O) groups is 2. The van der Waals surface area contributed by atoms with Crippen molar-refractivity contribution in [3.05, 3.63) is 58.7 Å². The number of benzene rings is 2. The summed E-state index contributed by atoms with van der Waals surface area (Å²) in [5.74, 6) is 0.365. The van der Waals surface area contributed by atoms with E-state index in [0.717, 1.165) is 18.3 Å². The molecule has 0 aliphatic carbocycles. The minimum Gasteiger partial charge on any atom is -0.388 e. The molecule has 2 aromatic carbocycles. The van der Waals surface area contributed by atoms with Crippen LogP contribution in [0.15, 0.2) is 36.4 Å². The number of alkyl halides is 1. The zero-order valence-corrected chi connectivity index (χ0v) is 14.6. The molecule has 0 atom stereocenters. The van der Waals surface area contributed by atoms with Crippen molar-refractivity contribution in [3.63, 3.8) is 0 Å². The van der Waals surface area contributed by atoms with E-state index in [2.05, 4.69) is 10.6 Å². The first kappa shape index (κ1) is 18.0. The Morgan fingerprint density at radius 2 is 1.88 bits per heavy atom. The molecule has 0 saturated carbocycles. The highest BCUT2D eigenvalue weighted by atomic mass is 35.5. The second-order valence-electron chi connectivity index (χ2n) is 5.43. The first-order chi connectivity index (χ1) is 11.6. The van der Waals surface area contributed by atoms with E-state index >= 15 is 0 Å². The van der Waals surface area contributed by atoms with Crippen molar-refractivity contribution in [2.75, 3.05) is 30.1 Å². The van der Waals surface area contributed by atoms with Gasteiger partial charge >= 0.3 is 0 Å². The van der Waals surface area contributed by atoms with Crippen molar-refractivity contribution < 1.29 is 9.59 Å². The van der Waals surface area contributed by atoms with E-state index in [1.807, 2.05) is 31.2 Å². The van der Waals surface area contributed by atoms with Gasteiger partial charge < -0.3 is 10.6 Å². The Morgan fingerprint density at radius 3 is 2.50 bits per heavy atom. The van der Waals surface area contributed by atoms with E-state index in [1.165, 1.54) is 0 Å². The Labute approximate surface area is 147 Å². The van der Waals surface area contributed by atoms with E-state index in [-0.39, 0.29) is 5.78 Å². The van der Waals surface area contributed by atoms with Gasteiger partial charge in [0.05, 0.1) is 11.1 Å². The molecule has 4 nitrogen and oxygen atoms in total. The van der Waals surface area contributed by atoms with Crippen molar-refractivity contribution in [3.8, 4) is 0 Å². The molecule has 2 rings (SSSR count). The number of rotatable bonds is 8. The van der Waals surface area contributed by atoms with Crippen molar-refractivity contribution in [2.24, 2.45) is 0 Å². The first-order valence-corrected chi connectivity index (χ1v) is 8.37. The summed E-state index contributed by atoms with van der Waals surface area (Å²) >= 11 is 5.72. The van der Waals surface area contributed by atoms with Crippen molar-refractivity contribution in [1.82, 2.24) is 0 Å². The fourth-order valence-corrected chi connectivity index (χ4v) is 2.74. The average Bonchev–Trinajstić information content (AvgIpc) is 2.61. The molecule has 2 N–H and O–H groups in total. The lowest BCUT2D eigenvalue weighted by molar-refractivity contribution is 0.103. The highest BCUT2D eigenvalue weighted by Crippen LogP contribution is 2.29. The van der Waals surface area contributed by atoms with Gasteiger partial charge in [0.15, 0.2) is 12.1 Å². The monoisotopic (exact) mass is 344 g/mol. The maximum absolute atomic E-state index is 13.1. The zero-order chi connectivity index (χ0) is 17.5. The second-order valence-corrected chi connectivity index (χ2v) is 5.81. The number of aryl methyl sites for hydroxylation is 1. The molecule has 0 aliphatic heterocycles. The highest BCUT2D eigenvalue weighted by molar-refractivity contribution is 6.18. The minimum atomic E-state index is -0.166. The Balaban J connectivity index is 2.57. The fourth-order valence-electron chi connectivity index (χ4n) is 2.60. The highest BCUT2D eigenvalue weighted by Gasteiger charge is 2.21. The maximum Gasteiger partial charge on any atom is 0.196 e. The summed E-state index contributed by atoms with van der Waals surface area (Å²) in [7, 11) is 1.73. The molecule has 0 heterocycles. The minimum absolute atomic E-state index is 0.166. The van der Waals surface area contributed by atoms with Gasteiger partial charge in [-0.3, -0.25) is 9.59 Å². The molecule has 0 amide bonds. The number of anilines is 2. The van der Waals surface area contributed by atoms with Gasteiger partial charge in [0, 0.05) is 36.4 Å². The van der Waals surface area contributed by atoms with E-state index in [4.69, 9.17) is 11.6 Å². The molecule has 5 heteroatoms. The molecule has 2 aromatic rings. The molecular weight excluding hydrogens is 324 g/mol. The van der Waals surface area contributed by atoms with Crippen LogP contribution >= 0.6 is 11.6 Å². The third kappa shape index (κ3) is 3.77. The molecule has 0 spiro atoms. The van der Waals surface area contributed by atoms with Gasteiger partial charge in [0.25, 0.3) is 0 Å². The number of hydrogen-bond donors (Lipinski definition) is 2. The predicted molar refractivity (Wildman–Crippen MR) is 99.8 cm³/mol. The molecule has 0 saturated heterocycles. The Kier molecular flexibility index (Phi) is 6.38. The maximum atomic E-state index is 13.1.